The predicted molar refractivity (Wildman–Crippen MR) is 66.7 cm³/mol. The zero-order valence-corrected chi connectivity index (χ0v) is 10.7. The standard InChI is InChI=1S/C13H23N3/c1-4-13-10(2)15-16(11(13)3)8-7-14-9-12-5-6-12/h12,14H,4-9H2,1-3H3. The average Bonchev–Trinajstić information content (AvgIpc) is 3.03. The van der Waals surface area contributed by atoms with Gasteiger partial charge in [-0.1, -0.05) is 6.92 Å². The first kappa shape index (κ1) is 11.6. The van der Waals surface area contributed by atoms with E-state index in [0.717, 1.165) is 25.4 Å². The van der Waals surface area contributed by atoms with E-state index in [-0.39, 0.29) is 0 Å². The minimum absolute atomic E-state index is 0.964. The van der Waals surface area contributed by atoms with Gasteiger partial charge in [0.05, 0.1) is 12.2 Å². The molecule has 2 rings (SSSR count). The topological polar surface area (TPSA) is 29.9 Å². The smallest absolute Gasteiger partial charge is 0.0628 e. The van der Waals surface area contributed by atoms with Crippen molar-refractivity contribution in [3.05, 3.63) is 17.0 Å². The zero-order valence-electron chi connectivity index (χ0n) is 10.7. The summed E-state index contributed by atoms with van der Waals surface area (Å²) in [6.45, 7) is 9.73. The van der Waals surface area contributed by atoms with Gasteiger partial charge in [0, 0.05) is 12.2 Å². The molecule has 1 N–H and O–H groups in total. The van der Waals surface area contributed by atoms with Crippen molar-refractivity contribution in [2.45, 2.75) is 46.6 Å². The van der Waals surface area contributed by atoms with Crippen LogP contribution in [0, 0.1) is 19.8 Å². The van der Waals surface area contributed by atoms with Gasteiger partial charge in [-0.15, -0.1) is 0 Å². The highest BCUT2D eigenvalue weighted by Crippen LogP contribution is 2.27. The minimum Gasteiger partial charge on any atom is -0.315 e. The second-order valence-electron chi connectivity index (χ2n) is 4.87. The van der Waals surface area contributed by atoms with Crippen LogP contribution in [0.3, 0.4) is 0 Å². The fourth-order valence-electron chi connectivity index (χ4n) is 2.28. The Bertz CT molecular complexity index is 350. The Morgan fingerprint density at radius 1 is 1.38 bits per heavy atom. The highest BCUT2D eigenvalue weighted by Gasteiger charge is 2.20. The fraction of sp³-hybridized carbons (Fsp3) is 0.769. The van der Waals surface area contributed by atoms with E-state index < -0.39 is 0 Å². The molecule has 3 heteroatoms. The van der Waals surface area contributed by atoms with Gasteiger partial charge in [0.2, 0.25) is 0 Å². The first-order valence-corrected chi connectivity index (χ1v) is 6.46. The normalized spacial score (nSPS) is 15.7. The molecule has 1 fully saturated rings. The molecule has 1 aromatic rings. The lowest BCUT2D eigenvalue weighted by Crippen LogP contribution is -2.23. The van der Waals surface area contributed by atoms with E-state index in [9.17, 15) is 0 Å². The van der Waals surface area contributed by atoms with Crippen LogP contribution >= 0.6 is 0 Å². The van der Waals surface area contributed by atoms with Crippen molar-refractivity contribution in [3.63, 3.8) is 0 Å². The van der Waals surface area contributed by atoms with Crippen LogP contribution in [0.2, 0.25) is 0 Å². The van der Waals surface area contributed by atoms with Gasteiger partial charge < -0.3 is 5.32 Å². The van der Waals surface area contributed by atoms with Crippen molar-refractivity contribution in [2.24, 2.45) is 5.92 Å². The molecule has 0 radical (unpaired) electrons. The summed E-state index contributed by atoms with van der Waals surface area (Å²) in [5.41, 5.74) is 3.96. The number of nitrogens with zero attached hydrogens (tertiary/aromatic N) is 2. The lowest BCUT2D eigenvalue weighted by Gasteiger charge is -2.06. The molecule has 0 aromatic carbocycles. The summed E-state index contributed by atoms with van der Waals surface area (Å²) in [4.78, 5) is 0. The van der Waals surface area contributed by atoms with Crippen LogP contribution < -0.4 is 5.32 Å². The van der Waals surface area contributed by atoms with E-state index in [1.807, 2.05) is 0 Å². The number of rotatable bonds is 6. The van der Waals surface area contributed by atoms with Crippen LogP contribution in [0.25, 0.3) is 0 Å². The summed E-state index contributed by atoms with van der Waals surface area (Å²) < 4.78 is 2.15. The summed E-state index contributed by atoms with van der Waals surface area (Å²) in [6.07, 6.45) is 3.94. The Morgan fingerprint density at radius 2 is 2.12 bits per heavy atom. The number of nitrogens with one attached hydrogen (secondary N) is 1. The summed E-state index contributed by atoms with van der Waals surface area (Å²) >= 11 is 0. The van der Waals surface area contributed by atoms with Crippen molar-refractivity contribution in [3.8, 4) is 0 Å². The maximum atomic E-state index is 4.59. The molecular weight excluding hydrogens is 198 g/mol. The van der Waals surface area contributed by atoms with Crippen LogP contribution in [0.1, 0.15) is 36.7 Å². The third kappa shape index (κ3) is 2.64. The molecule has 0 aliphatic heterocycles. The van der Waals surface area contributed by atoms with E-state index in [2.05, 4.69) is 35.9 Å². The van der Waals surface area contributed by atoms with Gasteiger partial charge in [0.15, 0.2) is 0 Å². The van der Waals surface area contributed by atoms with Crippen molar-refractivity contribution in [1.82, 2.24) is 15.1 Å². The Hall–Kier alpha value is -0.830. The largest absolute Gasteiger partial charge is 0.315 e. The van der Waals surface area contributed by atoms with Crippen molar-refractivity contribution >= 4 is 0 Å². The summed E-state index contributed by atoms with van der Waals surface area (Å²) in [7, 11) is 0. The quantitative estimate of drug-likeness (QED) is 0.745. The summed E-state index contributed by atoms with van der Waals surface area (Å²) in [5.74, 6) is 0.964. The van der Waals surface area contributed by atoms with E-state index in [4.69, 9.17) is 0 Å². The Balaban J connectivity index is 1.83. The Morgan fingerprint density at radius 3 is 2.69 bits per heavy atom. The van der Waals surface area contributed by atoms with E-state index in [0.29, 0.717) is 0 Å². The van der Waals surface area contributed by atoms with Gasteiger partial charge in [-0.05, 0) is 51.1 Å². The highest BCUT2D eigenvalue weighted by molar-refractivity contribution is 5.24. The maximum absolute atomic E-state index is 4.59. The monoisotopic (exact) mass is 221 g/mol. The molecule has 1 aliphatic rings. The third-order valence-corrected chi connectivity index (χ3v) is 3.52. The van der Waals surface area contributed by atoms with Crippen LogP contribution in [0.5, 0.6) is 0 Å². The molecule has 0 bridgehead atoms. The first-order chi connectivity index (χ1) is 7.72. The lowest BCUT2D eigenvalue weighted by molar-refractivity contribution is 0.531. The van der Waals surface area contributed by atoms with Gasteiger partial charge in [0.25, 0.3) is 0 Å². The third-order valence-electron chi connectivity index (χ3n) is 3.52. The minimum atomic E-state index is 0.964. The molecule has 0 unspecified atom stereocenters. The van der Waals surface area contributed by atoms with Crippen LogP contribution in [0.4, 0.5) is 0 Å². The average molecular weight is 221 g/mol. The number of aryl methyl sites for hydroxylation is 1. The second-order valence-corrected chi connectivity index (χ2v) is 4.87. The molecule has 1 heterocycles. The molecule has 90 valence electrons. The molecule has 0 atom stereocenters. The van der Waals surface area contributed by atoms with Gasteiger partial charge in [0.1, 0.15) is 0 Å². The molecule has 0 amide bonds. The molecular formula is C13H23N3. The van der Waals surface area contributed by atoms with Crippen molar-refractivity contribution in [2.75, 3.05) is 13.1 Å². The zero-order chi connectivity index (χ0) is 11.5. The predicted octanol–water partition coefficient (Wildman–Crippen LogP) is 2.06. The van der Waals surface area contributed by atoms with Crippen molar-refractivity contribution < 1.29 is 0 Å². The van der Waals surface area contributed by atoms with Gasteiger partial charge in [-0.25, -0.2) is 0 Å². The van der Waals surface area contributed by atoms with E-state index >= 15 is 0 Å². The number of aromatic nitrogens is 2. The molecule has 3 nitrogen and oxygen atoms in total. The van der Waals surface area contributed by atoms with Crippen molar-refractivity contribution in [1.29, 1.82) is 0 Å². The lowest BCUT2D eigenvalue weighted by atomic mass is 10.1. The van der Waals surface area contributed by atoms with Gasteiger partial charge in [-0.3, -0.25) is 4.68 Å². The Kier molecular flexibility index (Phi) is 3.64. The molecule has 1 aromatic heterocycles. The highest BCUT2D eigenvalue weighted by atomic mass is 15.3. The number of hydrogen-bond donors (Lipinski definition) is 1. The molecule has 16 heavy (non-hydrogen) atoms. The van der Waals surface area contributed by atoms with Crippen LogP contribution in [-0.4, -0.2) is 22.9 Å². The number of hydrogen-bond acceptors (Lipinski definition) is 2. The van der Waals surface area contributed by atoms with Crippen LogP contribution in [-0.2, 0) is 13.0 Å². The molecule has 0 spiro atoms. The Labute approximate surface area is 98.2 Å². The van der Waals surface area contributed by atoms with Crippen LogP contribution in [0.15, 0.2) is 0 Å². The van der Waals surface area contributed by atoms with E-state index in [1.165, 1.54) is 36.3 Å². The fourth-order valence-corrected chi connectivity index (χ4v) is 2.28. The first-order valence-electron chi connectivity index (χ1n) is 6.46. The second kappa shape index (κ2) is 5.00. The van der Waals surface area contributed by atoms with E-state index in [1.54, 1.807) is 0 Å². The molecule has 0 saturated heterocycles. The maximum Gasteiger partial charge on any atom is 0.0628 e. The summed E-state index contributed by atoms with van der Waals surface area (Å²) in [6, 6.07) is 0. The molecule has 1 aliphatic carbocycles. The van der Waals surface area contributed by atoms with Gasteiger partial charge in [-0.2, -0.15) is 5.10 Å². The summed E-state index contributed by atoms with van der Waals surface area (Å²) in [5, 5.41) is 8.10. The SMILES string of the molecule is CCc1c(C)nn(CCNCC2CC2)c1C. The van der Waals surface area contributed by atoms with Gasteiger partial charge >= 0.3 is 0 Å². The molecule has 1 saturated carbocycles.